The molecule has 0 radical (unpaired) electrons. The Morgan fingerprint density at radius 3 is 2.33 bits per heavy atom. The first-order valence-corrected chi connectivity index (χ1v) is 10.4. The third kappa shape index (κ3) is 3.58. The number of rotatable bonds is 3. The van der Waals surface area contributed by atoms with Gasteiger partial charge in [-0.3, -0.25) is 4.79 Å². The number of carbonyl (C=O) groups is 1. The van der Waals surface area contributed by atoms with Crippen LogP contribution in [0.3, 0.4) is 0 Å². The normalized spacial score (nSPS) is 11.0. The van der Waals surface area contributed by atoms with Crippen molar-refractivity contribution in [1.82, 2.24) is 4.98 Å². The molecule has 0 bridgehead atoms. The number of fused-ring (bicyclic) bond motifs is 2. The molecule has 1 heterocycles. The van der Waals surface area contributed by atoms with Gasteiger partial charge in [0.1, 0.15) is 0 Å². The maximum atomic E-state index is 13.3. The number of halogens is 1. The van der Waals surface area contributed by atoms with Gasteiger partial charge in [0.15, 0.2) is 0 Å². The molecule has 0 aliphatic carbocycles. The number of nitrogens with one attached hydrogen (secondary N) is 1. The van der Waals surface area contributed by atoms with E-state index in [9.17, 15) is 4.79 Å². The molecule has 5 aromatic rings. The number of amides is 1. The lowest BCUT2D eigenvalue weighted by molar-refractivity contribution is 0.102. The fourth-order valence-corrected chi connectivity index (χ4v) is 3.86. The zero-order valence-electron chi connectivity index (χ0n) is 16.0. The topological polar surface area (TPSA) is 42.0 Å². The fraction of sp³-hybridized carbons (Fsp3) is 0. The summed E-state index contributed by atoms with van der Waals surface area (Å²) in [6.07, 6.45) is 0. The summed E-state index contributed by atoms with van der Waals surface area (Å²) in [5, 5.41) is 6.12. The fourth-order valence-electron chi connectivity index (χ4n) is 3.60. The monoisotopic (exact) mass is 452 g/mol. The molecule has 1 amide bonds. The smallest absolute Gasteiger partial charge is 0.256 e. The van der Waals surface area contributed by atoms with E-state index in [2.05, 4.69) is 27.3 Å². The Kier molecular flexibility index (Phi) is 4.77. The molecule has 144 valence electrons. The van der Waals surface area contributed by atoms with Gasteiger partial charge in [0.05, 0.1) is 16.8 Å². The molecule has 0 saturated heterocycles. The largest absolute Gasteiger partial charge is 0.322 e. The lowest BCUT2D eigenvalue weighted by Gasteiger charge is -2.11. The van der Waals surface area contributed by atoms with Crippen LogP contribution in [0.2, 0.25) is 0 Å². The number of para-hydroxylation sites is 1. The van der Waals surface area contributed by atoms with Gasteiger partial charge in [-0.2, -0.15) is 0 Å². The van der Waals surface area contributed by atoms with E-state index in [-0.39, 0.29) is 5.91 Å². The molecular weight excluding hydrogens is 436 g/mol. The summed E-state index contributed by atoms with van der Waals surface area (Å²) in [5.74, 6) is -0.151. The molecule has 0 spiro atoms. The van der Waals surface area contributed by atoms with E-state index in [1.807, 2.05) is 91.0 Å². The lowest BCUT2D eigenvalue weighted by Crippen LogP contribution is -2.13. The molecular formula is C26H17BrN2O. The van der Waals surface area contributed by atoms with Crippen LogP contribution in [0.1, 0.15) is 10.4 Å². The molecule has 4 heteroatoms. The van der Waals surface area contributed by atoms with E-state index >= 15 is 0 Å². The Labute approximate surface area is 182 Å². The minimum absolute atomic E-state index is 0.151. The van der Waals surface area contributed by atoms with Gasteiger partial charge in [-0.05, 0) is 47.2 Å². The van der Waals surface area contributed by atoms with Gasteiger partial charge in [0.2, 0.25) is 0 Å². The highest BCUT2D eigenvalue weighted by molar-refractivity contribution is 9.10. The minimum Gasteiger partial charge on any atom is -0.322 e. The van der Waals surface area contributed by atoms with Crippen LogP contribution in [0.4, 0.5) is 5.69 Å². The molecule has 30 heavy (non-hydrogen) atoms. The summed E-state index contributed by atoms with van der Waals surface area (Å²) in [6, 6.07) is 31.6. The molecule has 1 aromatic heterocycles. The van der Waals surface area contributed by atoms with Crippen molar-refractivity contribution in [2.75, 3.05) is 5.32 Å². The van der Waals surface area contributed by atoms with Crippen LogP contribution in [-0.4, -0.2) is 10.9 Å². The van der Waals surface area contributed by atoms with Crippen LogP contribution in [0, 0.1) is 0 Å². The second-order valence-electron chi connectivity index (χ2n) is 7.10. The van der Waals surface area contributed by atoms with Crippen LogP contribution >= 0.6 is 15.9 Å². The maximum Gasteiger partial charge on any atom is 0.256 e. The van der Waals surface area contributed by atoms with Crippen molar-refractivity contribution in [3.8, 4) is 11.3 Å². The van der Waals surface area contributed by atoms with Gasteiger partial charge in [0.25, 0.3) is 5.91 Å². The Morgan fingerprint density at radius 2 is 1.50 bits per heavy atom. The van der Waals surface area contributed by atoms with E-state index < -0.39 is 0 Å². The number of pyridine rings is 1. The Hall–Kier alpha value is -3.50. The average molecular weight is 453 g/mol. The van der Waals surface area contributed by atoms with Gasteiger partial charge in [-0.25, -0.2) is 4.98 Å². The van der Waals surface area contributed by atoms with Gasteiger partial charge < -0.3 is 5.32 Å². The molecule has 0 aliphatic heterocycles. The molecule has 0 fully saturated rings. The van der Waals surface area contributed by atoms with E-state index in [0.717, 1.165) is 43.1 Å². The maximum absolute atomic E-state index is 13.3. The molecule has 0 aliphatic rings. The van der Waals surface area contributed by atoms with Crippen LogP contribution in [0.25, 0.3) is 32.9 Å². The van der Waals surface area contributed by atoms with Crippen molar-refractivity contribution >= 4 is 49.2 Å². The van der Waals surface area contributed by atoms with Gasteiger partial charge in [0, 0.05) is 21.1 Å². The molecule has 5 rings (SSSR count). The highest BCUT2D eigenvalue weighted by Crippen LogP contribution is 2.27. The van der Waals surface area contributed by atoms with Crippen LogP contribution < -0.4 is 5.32 Å². The van der Waals surface area contributed by atoms with Crippen molar-refractivity contribution in [3.63, 3.8) is 0 Å². The third-order valence-electron chi connectivity index (χ3n) is 5.11. The highest BCUT2D eigenvalue weighted by atomic mass is 79.9. The summed E-state index contributed by atoms with van der Waals surface area (Å²) in [5.41, 5.74) is 3.90. The average Bonchev–Trinajstić information content (AvgIpc) is 2.78. The number of benzene rings is 4. The number of nitrogens with zero attached hydrogens (tertiary/aromatic N) is 1. The van der Waals surface area contributed by atoms with Crippen LogP contribution in [-0.2, 0) is 0 Å². The molecule has 4 aromatic carbocycles. The number of carbonyl (C=O) groups excluding carboxylic acids is 1. The van der Waals surface area contributed by atoms with Crippen LogP contribution in [0.15, 0.2) is 102 Å². The molecule has 1 N–H and O–H groups in total. The standard InChI is InChI=1S/C26H17BrN2O/c27-20-12-9-18(10-13-20)25-16-23(22-7-3-4-8-24(22)29-25)26(30)28-21-14-11-17-5-1-2-6-19(17)15-21/h1-16H,(H,28,30). The third-order valence-corrected chi connectivity index (χ3v) is 5.64. The van der Waals surface area contributed by atoms with Crippen molar-refractivity contribution in [1.29, 1.82) is 0 Å². The quantitative estimate of drug-likeness (QED) is 0.318. The van der Waals surface area contributed by atoms with Crippen molar-refractivity contribution < 1.29 is 4.79 Å². The number of hydrogen-bond donors (Lipinski definition) is 1. The van der Waals surface area contributed by atoms with Gasteiger partial charge in [-0.15, -0.1) is 0 Å². The zero-order valence-corrected chi connectivity index (χ0v) is 17.6. The first kappa shape index (κ1) is 18.5. The second-order valence-corrected chi connectivity index (χ2v) is 8.01. The summed E-state index contributed by atoms with van der Waals surface area (Å²) in [7, 11) is 0. The van der Waals surface area contributed by atoms with E-state index in [4.69, 9.17) is 4.98 Å². The highest BCUT2D eigenvalue weighted by Gasteiger charge is 2.14. The first-order valence-electron chi connectivity index (χ1n) is 9.63. The Balaban J connectivity index is 1.57. The SMILES string of the molecule is O=C(Nc1ccc2ccccc2c1)c1cc(-c2ccc(Br)cc2)nc2ccccc12. The van der Waals surface area contributed by atoms with Gasteiger partial charge in [-0.1, -0.05) is 76.6 Å². The number of aromatic nitrogens is 1. The number of anilines is 1. The van der Waals surface area contributed by atoms with Crippen molar-refractivity contribution in [2.24, 2.45) is 0 Å². The molecule has 0 saturated carbocycles. The predicted molar refractivity (Wildman–Crippen MR) is 127 cm³/mol. The molecule has 0 unspecified atom stereocenters. The summed E-state index contributed by atoms with van der Waals surface area (Å²) in [4.78, 5) is 18.0. The summed E-state index contributed by atoms with van der Waals surface area (Å²) in [6.45, 7) is 0. The lowest BCUT2D eigenvalue weighted by atomic mass is 10.0. The first-order chi connectivity index (χ1) is 14.7. The van der Waals surface area contributed by atoms with Crippen molar-refractivity contribution in [2.45, 2.75) is 0 Å². The Bertz CT molecular complexity index is 1390. The predicted octanol–water partition coefficient (Wildman–Crippen LogP) is 7.07. The summed E-state index contributed by atoms with van der Waals surface area (Å²) >= 11 is 3.47. The second kappa shape index (κ2) is 7.73. The molecule has 0 atom stereocenters. The molecule has 3 nitrogen and oxygen atoms in total. The minimum atomic E-state index is -0.151. The Morgan fingerprint density at radius 1 is 0.767 bits per heavy atom. The van der Waals surface area contributed by atoms with E-state index in [1.54, 1.807) is 0 Å². The van der Waals surface area contributed by atoms with Gasteiger partial charge >= 0.3 is 0 Å². The van der Waals surface area contributed by atoms with Crippen molar-refractivity contribution in [3.05, 3.63) is 107 Å². The summed E-state index contributed by atoms with van der Waals surface area (Å²) < 4.78 is 1.00. The van der Waals surface area contributed by atoms with E-state index in [1.165, 1.54) is 0 Å². The zero-order chi connectivity index (χ0) is 20.5. The number of hydrogen-bond acceptors (Lipinski definition) is 2. The van der Waals surface area contributed by atoms with E-state index in [0.29, 0.717) is 5.56 Å². The van der Waals surface area contributed by atoms with Crippen LogP contribution in [0.5, 0.6) is 0 Å².